The summed E-state index contributed by atoms with van der Waals surface area (Å²) in [5.74, 6) is -1.20. The number of halogens is 2. The Morgan fingerprint density at radius 2 is 1.74 bits per heavy atom. The van der Waals surface area contributed by atoms with Gasteiger partial charge in [0.25, 0.3) is 0 Å². The van der Waals surface area contributed by atoms with Gasteiger partial charge in [-0.25, -0.2) is 12.8 Å². The normalized spacial score (nSPS) is 12.3. The Morgan fingerprint density at radius 1 is 1.09 bits per heavy atom. The lowest BCUT2D eigenvalue weighted by Gasteiger charge is -2.30. The summed E-state index contributed by atoms with van der Waals surface area (Å²) >= 11 is 6.17. The second kappa shape index (κ2) is 12.4. The van der Waals surface area contributed by atoms with Crippen molar-refractivity contribution in [1.29, 1.82) is 0 Å². The molecule has 0 aliphatic heterocycles. The number of anilines is 1. The SMILES string of the molecule is Cc1c(Cl)cccc1N(CCCC(=O)N(Cc1ccccc1F)[C@@H](C)C(=O)NC(C)C)S(C)(=O)=O. The Hall–Kier alpha value is -2.65. The molecule has 0 radical (unpaired) electrons. The molecule has 2 rings (SSSR count). The van der Waals surface area contributed by atoms with Crippen molar-refractivity contribution < 1.29 is 22.4 Å². The highest BCUT2D eigenvalue weighted by molar-refractivity contribution is 7.92. The number of nitrogens with zero attached hydrogens (tertiary/aromatic N) is 2. The van der Waals surface area contributed by atoms with Crippen LogP contribution in [-0.4, -0.2) is 50.0 Å². The third-order valence-electron chi connectivity index (χ3n) is 5.56. The van der Waals surface area contributed by atoms with E-state index in [0.29, 0.717) is 16.3 Å². The van der Waals surface area contributed by atoms with Crippen molar-refractivity contribution in [2.75, 3.05) is 17.1 Å². The van der Waals surface area contributed by atoms with Crippen LogP contribution in [0, 0.1) is 12.7 Å². The minimum Gasteiger partial charge on any atom is -0.352 e. The Kier molecular flexibility index (Phi) is 10.1. The van der Waals surface area contributed by atoms with Crippen molar-refractivity contribution in [3.8, 4) is 0 Å². The zero-order valence-electron chi connectivity index (χ0n) is 20.7. The first-order chi connectivity index (χ1) is 16.3. The second-order valence-corrected chi connectivity index (χ2v) is 11.1. The van der Waals surface area contributed by atoms with Crippen LogP contribution < -0.4 is 9.62 Å². The molecule has 192 valence electrons. The van der Waals surface area contributed by atoms with Crippen LogP contribution in [0.1, 0.15) is 44.7 Å². The molecule has 0 aliphatic carbocycles. The van der Waals surface area contributed by atoms with Gasteiger partial charge in [0.1, 0.15) is 11.9 Å². The van der Waals surface area contributed by atoms with Gasteiger partial charge in [-0.05, 0) is 57.9 Å². The maximum absolute atomic E-state index is 14.3. The summed E-state index contributed by atoms with van der Waals surface area (Å²) in [7, 11) is -3.64. The van der Waals surface area contributed by atoms with Crippen LogP contribution in [0.15, 0.2) is 42.5 Å². The maximum atomic E-state index is 14.3. The van der Waals surface area contributed by atoms with E-state index in [1.54, 1.807) is 50.2 Å². The van der Waals surface area contributed by atoms with E-state index < -0.39 is 21.9 Å². The number of benzene rings is 2. The first-order valence-corrected chi connectivity index (χ1v) is 13.6. The molecule has 0 bridgehead atoms. The minimum absolute atomic E-state index is 0.0284. The molecule has 2 aromatic carbocycles. The van der Waals surface area contributed by atoms with E-state index in [4.69, 9.17) is 11.6 Å². The van der Waals surface area contributed by atoms with Crippen LogP contribution in [0.2, 0.25) is 5.02 Å². The minimum atomic E-state index is -3.64. The smallest absolute Gasteiger partial charge is 0.242 e. The third kappa shape index (κ3) is 7.93. The topological polar surface area (TPSA) is 86.8 Å². The van der Waals surface area contributed by atoms with Gasteiger partial charge in [-0.2, -0.15) is 0 Å². The van der Waals surface area contributed by atoms with E-state index in [1.807, 2.05) is 13.8 Å². The molecular formula is C25H33ClFN3O4S. The summed E-state index contributed by atoms with van der Waals surface area (Å²) < 4.78 is 40.5. The van der Waals surface area contributed by atoms with E-state index in [-0.39, 0.29) is 49.4 Å². The molecule has 2 aromatic rings. The van der Waals surface area contributed by atoms with Crippen LogP contribution in [-0.2, 0) is 26.2 Å². The highest BCUT2D eigenvalue weighted by atomic mass is 35.5. The van der Waals surface area contributed by atoms with Gasteiger partial charge in [0.2, 0.25) is 21.8 Å². The lowest BCUT2D eigenvalue weighted by atomic mass is 10.1. The van der Waals surface area contributed by atoms with Crippen LogP contribution in [0.25, 0.3) is 0 Å². The Labute approximate surface area is 212 Å². The van der Waals surface area contributed by atoms with Gasteiger partial charge in [-0.3, -0.25) is 13.9 Å². The van der Waals surface area contributed by atoms with Gasteiger partial charge >= 0.3 is 0 Å². The average molecular weight is 526 g/mol. The number of hydrogen-bond donors (Lipinski definition) is 1. The van der Waals surface area contributed by atoms with E-state index >= 15 is 0 Å². The number of rotatable bonds is 11. The number of amides is 2. The summed E-state index contributed by atoms with van der Waals surface area (Å²) in [6.45, 7) is 6.91. The fourth-order valence-electron chi connectivity index (χ4n) is 3.65. The van der Waals surface area contributed by atoms with Gasteiger partial charge in [-0.15, -0.1) is 0 Å². The lowest BCUT2D eigenvalue weighted by molar-refractivity contribution is -0.140. The zero-order chi connectivity index (χ0) is 26.3. The molecule has 1 N–H and O–H groups in total. The quantitative estimate of drug-likeness (QED) is 0.474. The Morgan fingerprint density at radius 3 is 2.34 bits per heavy atom. The molecule has 0 saturated heterocycles. The molecule has 0 saturated carbocycles. The fourth-order valence-corrected chi connectivity index (χ4v) is 4.83. The molecule has 0 heterocycles. The molecule has 2 amide bonds. The van der Waals surface area contributed by atoms with E-state index in [2.05, 4.69) is 5.32 Å². The first-order valence-electron chi connectivity index (χ1n) is 11.4. The van der Waals surface area contributed by atoms with Crippen molar-refractivity contribution in [3.05, 3.63) is 64.4 Å². The van der Waals surface area contributed by atoms with E-state index in [0.717, 1.165) is 6.26 Å². The number of carbonyl (C=O) groups excluding carboxylic acids is 2. The highest BCUT2D eigenvalue weighted by Crippen LogP contribution is 2.28. The van der Waals surface area contributed by atoms with Crippen LogP contribution >= 0.6 is 11.6 Å². The monoisotopic (exact) mass is 525 g/mol. The van der Waals surface area contributed by atoms with Gasteiger partial charge in [-0.1, -0.05) is 35.9 Å². The Balaban J connectivity index is 2.22. The number of nitrogens with one attached hydrogen (secondary N) is 1. The van der Waals surface area contributed by atoms with Crippen LogP contribution in [0.5, 0.6) is 0 Å². The molecular weight excluding hydrogens is 493 g/mol. The first kappa shape index (κ1) is 28.6. The van der Waals surface area contributed by atoms with E-state index in [1.165, 1.54) is 15.3 Å². The largest absolute Gasteiger partial charge is 0.352 e. The van der Waals surface area contributed by atoms with Crippen molar-refractivity contribution in [2.45, 2.75) is 59.2 Å². The maximum Gasteiger partial charge on any atom is 0.242 e. The number of carbonyl (C=O) groups is 2. The molecule has 0 unspecified atom stereocenters. The summed E-state index contributed by atoms with van der Waals surface area (Å²) in [4.78, 5) is 27.2. The number of sulfonamides is 1. The van der Waals surface area contributed by atoms with Gasteiger partial charge in [0, 0.05) is 36.1 Å². The summed E-state index contributed by atoms with van der Waals surface area (Å²) in [6.07, 6.45) is 1.27. The molecule has 10 heteroatoms. The van der Waals surface area contributed by atoms with Crippen molar-refractivity contribution in [1.82, 2.24) is 10.2 Å². The molecule has 0 aromatic heterocycles. The summed E-state index contributed by atoms with van der Waals surface area (Å²) in [5.41, 5.74) is 1.35. The van der Waals surface area contributed by atoms with E-state index in [9.17, 15) is 22.4 Å². The van der Waals surface area contributed by atoms with Crippen molar-refractivity contribution in [3.63, 3.8) is 0 Å². The van der Waals surface area contributed by atoms with Gasteiger partial charge in [0.05, 0.1) is 11.9 Å². The molecule has 7 nitrogen and oxygen atoms in total. The number of hydrogen-bond acceptors (Lipinski definition) is 4. The molecule has 0 aliphatic rings. The third-order valence-corrected chi connectivity index (χ3v) is 7.15. The molecule has 35 heavy (non-hydrogen) atoms. The molecule has 1 atom stereocenters. The van der Waals surface area contributed by atoms with Crippen molar-refractivity contribution >= 4 is 39.1 Å². The standard InChI is InChI=1S/C25H33ClFN3O4S/c1-17(2)28-25(32)19(4)29(16-20-10-6-7-12-22(20)27)24(31)14-9-15-30(35(5,33)34)23-13-8-11-21(26)18(23)3/h6-8,10-13,17,19H,9,14-16H2,1-5H3,(H,28,32)/t19-/m0/s1. The van der Waals surface area contributed by atoms with Gasteiger partial charge in [0.15, 0.2) is 0 Å². The van der Waals surface area contributed by atoms with Crippen molar-refractivity contribution in [2.24, 2.45) is 0 Å². The molecule has 0 fully saturated rings. The summed E-state index contributed by atoms with van der Waals surface area (Å²) in [6, 6.07) is 10.1. The molecule has 0 spiro atoms. The fraction of sp³-hybridized carbons (Fsp3) is 0.440. The zero-order valence-corrected chi connectivity index (χ0v) is 22.3. The lowest BCUT2D eigenvalue weighted by Crippen LogP contribution is -2.49. The summed E-state index contributed by atoms with van der Waals surface area (Å²) in [5, 5.41) is 3.22. The average Bonchev–Trinajstić information content (AvgIpc) is 2.76. The Bertz CT molecular complexity index is 1160. The predicted molar refractivity (Wildman–Crippen MR) is 137 cm³/mol. The predicted octanol–water partition coefficient (Wildman–Crippen LogP) is 4.28. The van der Waals surface area contributed by atoms with Gasteiger partial charge < -0.3 is 10.2 Å². The van der Waals surface area contributed by atoms with Crippen LogP contribution in [0.4, 0.5) is 10.1 Å². The highest BCUT2D eigenvalue weighted by Gasteiger charge is 2.28. The van der Waals surface area contributed by atoms with Crippen LogP contribution in [0.3, 0.4) is 0 Å². The second-order valence-electron chi connectivity index (χ2n) is 8.77.